The number of hydrogen-bond donors (Lipinski definition) is 0. The van der Waals surface area contributed by atoms with Crippen LogP contribution in [0.3, 0.4) is 0 Å². The maximum Gasteiger partial charge on any atom is 0.231 e. The number of hydrogen-bond acceptors (Lipinski definition) is 3. The van der Waals surface area contributed by atoms with Crippen LogP contribution in [0.15, 0.2) is 28.7 Å². The van der Waals surface area contributed by atoms with Crippen molar-refractivity contribution in [2.75, 3.05) is 7.11 Å². The molecule has 0 saturated heterocycles. The summed E-state index contributed by atoms with van der Waals surface area (Å²) < 4.78 is 5.93. The number of methoxy groups -OCH3 is 1. The lowest BCUT2D eigenvalue weighted by atomic mass is 10.1. The molecule has 0 radical (unpaired) electrons. The number of aryl methyl sites for hydroxylation is 1. The molecular formula is C12H10BrClN2O. The smallest absolute Gasteiger partial charge is 0.231 e. The second-order valence-corrected chi connectivity index (χ2v) is 4.68. The predicted molar refractivity (Wildman–Crippen MR) is 71.5 cm³/mol. The highest BCUT2D eigenvalue weighted by Crippen LogP contribution is 2.33. The van der Waals surface area contributed by atoms with Gasteiger partial charge >= 0.3 is 0 Å². The Morgan fingerprint density at radius 1 is 1.18 bits per heavy atom. The highest BCUT2D eigenvalue weighted by Gasteiger charge is 2.12. The van der Waals surface area contributed by atoms with E-state index in [1.165, 1.54) is 0 Å². The fourth-order valence-corrected chi connectivity index (χ4v) is 2.16. The van der Waals surface area contributed by atoms with E-state index in [2.05, 4.69) is 25.9 Å². The molecule has 0 bridgehead atoms. The minimum absolute atomic E-state index is 0.530. The van der Waals surface area contributed by atoms with E-state index in [-0.39, 0.29) is 0 Å². The van der Waals surface area contributed by atoms with Gasteiger partial charge in [-0.15, -0.1) is 0 Å². The van der Waals surface area contributed by atoms with Gasteiger partial charge in [-0.3, -0.25) is 0 Å². The molecule has 17 heavy (non-hydrogen) atoms. The van der Waals surface area contributed by atoms with Gasteiger partial charge in [0.2, 0.25) is 5.88 Å². The first-order chi connectivity index (χ1) is 8.11. The molecule has 0 amide bonds. The van der Waals surface area contributed by atoms with Crippen molar-refractivity contribution in [1.82, 2.24) is 9.97 Å². The van der Waals surface area contributed by atoms with Crippen molar-refractivity contribution in [3.63, 3.8) is 0 Å². The average molecular weight is 314 g/mol. The van der Waals surface area contributed by atoms with Gasteiger partial charge in [-0.25, -0.2) is 4.98 Å². The van der Waals surface area contributed by atoms with Crippen molar-refractivity contribution in [3.8, 4) is 17.1 Å². The van der Waals surface area contributed by atoms with E-state index in [9.17, 15) is 0 Å². The molecule has 0 aliphatic carbocycles. The molecule has 0 unspecified atom stereocenters. The van der Waals surface area contributed by atoms with Crippen molar-refractivity contribution in [2.24, 2.45) is 0 Å². The van der Waals surface area contributed by atoms with E-state index in [1.54, 1.807) is 7.11 Å². The Morgan fingerprint density at radius 2 is 1.82 bits per heavy atom. The van der Waals surface area contributed by atoms with Gasteiger partial charge in [0.15, 0.2) is 0 Å². The molecule has 0 aliphatic heterocycles. The van der Waals surface area contributed by atoms with Crippen LogP contribution in [0, 0.1) is 6.92 Å². The molecule has 2 aromatic rings. The first-order valence-electron chi connectivity index (χ1n) is 4.96. The zero-order valence-electron chi connectivity index (χ0n) is 9.37. The molecule has 0 aliphatic rings. The Kier molecular flexibility index (Phi) is 3.64. The molecule has 1 aromatic heterocycles. The summed E-state index contributed by atoms with van der Waals surface area (Å²) in [5.74, 6) is 1.19. The van der Waals surface area contributed by atoms with Crippen LogP contribution in [0.25, 0.3) is 11.3 Å². The van der Waals surface area contributed by atoms with E-state index in [4.69, 9.17) is 16.3 Å². The lowest BCUT2D eigenvalue weighted by Crippen LogP contribution is -1.97. The number of halogens is 2. The standard InChI is InChI=1S/C12H10BrClN2O/c1-7-15-11(10(13)12(16-7)17-2)8-3-5-9(14)6-4-8/h3-6H,1-2H3. The number of rotatable bonds is 2. The summed E-state index contributed by atoms with van der Waals surface area (Å²) >= 11 is 9.31. The van der Waals surface area contributed by atoms with E-state index >= 15 is 0 Å². The van der Waals surface area contributed by atoms with Crippen LogP contribution >= 0.6 is 27.5 Å². The minimum Gasteiger partial charge on any atom is -0.480 e. The third kappa shape index (κ3) is 2.58. The third-order valence-corrected chi connectivity index (χ3v) is 3.21. The Morgan fingerprint density at radius 3 is 2.41 bits per heavy atom. The second kappa shape index (κ2) is 5.02. The SMILES string of the molecule is COc1nc(C)nc(-c2ccc(Cl)cc2)c1Br. The first-order valence-corrected chi connectivity index (χ1v) is 6.13. The van der Waals surface area contributed by atoms with Gasteiger partial charge in [0, 0.05) is 10.6 Å². The monoisotopic (exact) mass is 312 g/mol. The number of nitrogens with zero attached hydrogens (tertiary/aromatic N) is 2. The Hall–Kier alpha value is -1.13. The Balaban J connectivity index is 2.58. The molecule has 1 heterocycles. The van der Waals surface area contributed by atoms with Crippen molar-refractivity contribution in [3.05, 3.63) is 39.6 Å². The normalized spacial score (nSPS) is 10.4. The first kappa shape index (κ1) is 12.3. The topological polar surface area (TPSA) is 35.0 Å². The molecule has 3 nitrogen and oxygen atoms in total. The lowest BCUT2D eigenvalue weighted by Gasteiger charge is -2.08. The molecule has 1 aromatic carbocycles. The summed E-state index contributed by atoms with van der Waals surface area (Å²) in [5.41, 5.74) is 1.76. The zero-order valence-corrected chi connectivity index (χ0v) is 11.7. The molecule has 0 atom stereocenters. The van der Waals surface area contributed by atoms with E-state index in [0.717, 1.165) is 15.7 Å². The van der Waals surface area contributed by atoms with Crippen molar-refractivity contribution in [2.45, 2.75) is 6.92 Å². The van der Waals surface area contributed by atoms with E-state index in [0.29, 0.717) is 16.7 Å². The van der Waals surface area contributed by atoms with Gasteiger partial charge in [0.25, 0.3) is 0 Å². The molecule has 88 valence electrons. The van der Waals surface area contributed by atoms with Crippen molar-refractivity contribution in [1.29, 1.82) is 0 Å². The van der Waals surface area contributed by atoms with Crippen LogP contribution in [0.5, 0.6) is 5.88 Å². The Bertz CT molecular complexity index is 543. The maximum atomic E-state index is 5.86. The number of benzene rings is 1. The third-order valence-electron chi connectivity index (χ3n) is 2.24. The van der Waals surface area contributed by atoms with Crippen LogP contribution in [-0.4, -0.2) is 17.1 Å². The second-order valence-electron chi connectivity index (χ2n) is 3.45. The van der Waals surface area contributed by atoms with Crippen LogP contribution in [0.4, 0.5) is 0 Å². The number of aromatic nitrogens is 2. The Labute approximate surface area is 113 Å². The van der Waals surface area contributed by atoms with Crippen LogP contribution in [0.2, 0.25) is 5.02 Å². The largest absolute Gasteiger partial charge is 0.480 e. The lowest BCUT2D eigenvalue weighted by molar-refractivity contribution is 0.393. The molecule has 2 rings (SSSR count). The zero-order chi connectivity index (χ0) is 12.4. The van der Waals surface area contributed by atoms with Crippen LogP contribution in [-0.2, 0) is 0 Å². The van der Waals surface area contributed by atoms with Crippen molar-refractivity contribution >= 4 is 27.5 Å². The van der Waals surface area contributed by atoms with Crippen LogP contribution < -0.4 is 4.74 Å². The fourth-order valence-electron chi connectivity index (χ4n) is 1.47. The number of ether oxygens (including phenoxy) is 1. The predicted octanol–water partition coefficient (Wildman–Crippen LogP) is 3.88. The molecule has 0 spiro atoms. The quantitative estimate of drug-likeness (QED) is 0.844. The van der Waals surface area contributed by atoms with Gasteiger partial charge in [0.05, 0.1) is 12.8 Å². The van der Waals surface area contributed by atoms with Gasteiger partial charge in [-0.1, -0.05) is 23.7 Å². The van der Waals surface area contributed by atoms with E-state index < -0.39 is 0 Å². The minimum atomic E-state index is 0.530. The summed E-state index contributed by atoms with van der Waals surface area (Å²) in [6, 6.07) is 7.48. The summed E-state index contributed by atoms with van der Waals surface area (Å²) in [6.07, 6.45) is 0. The summed E-state index contributed by atoms with van der Waals surface area (Å²) in [4.78, 5) is 8.59. The molecule has 0 saturated carbocycles. The molecular weight excluding hydrogens is 304 g/mol. The van der Waals surface area contributed by atoms with Gasteiger partial charge < -0.3 is 4.74 Å². The highest BCUT2D eigenvalue weighted by molar-refractivity contribution is 9.10. The molecule has 0 fully saturated rings. The average Bonchev–Trinajstić information content (AvgIpc) is 2.33. The summed E-state index contributed by atoms with van der Waals surface area (Å²) in [7, 11) is 1.58. The van der Waals surface area contributed by atoms with Gasteiger partial charge in [0.1, 0.15) is 10.3 Å². The van der Waals surface area contributed by atoms with Gasteiger partial charge in [-0.2, -0.15) is 4.98 Å². The molecule has 5 heteroatoms. The summed E-state index contributed by atoms with van der Waals surface area (Å²) in [5, 5.41) is 0.697. The van der Waals surface area contributed by atoms with Crippen molar-refractivity contribution < 1.29 is 4.74 Å². The van der Waals surface area contributed by atoms with Crippen LogP contribution in [0.1, 0.15) is 5.82 Å². The van der Waals surface area contributed by atoms with Gasteiger partial charge in [-0.05, 0) is 35.0 Å². The molecule has 0 N–H and O–H groups in total. The van der Waals surface area contributed by atoms with E-state index in [1.807, 2.05) is 31.2 Å². The fraction of sp³-hybridized carbons (Fsp3) is 0.167. The highest BCUT2D eigenvalue weighted by atomic mass is 79.9. The maximum absolute atomic E-state index is 5.86. The summed E-state index contributed by atoms with van der Waals surface area (Å²) in [6.45, 7) is 1.83.